The number of amides is 3. The molecular formula is C34H40Cl2FN5O5. The number of fused-ring (bicyclic) bond motifs is 2. The van der Waals surface area contributed by atoms with Crippen molar-refractivity contribution in [3.05, 3.63) is 72.4 Å². The predicted molar refractivity (Wildman–Crippen MR) is 177 cm³/mol. The zero-order chi connectivity index (χ0) is 34.1. The summed E-state index contributed by atoms with van der Waals surface area (Å²) in [4.78, 5) is 60.8. The highest BCUT2D eigenvalue weighted by atomic mass is 35.5. The summed E-state index contributed by atoms with van der Waals surface area (Å²) in [7, 11) is 0. The maximum atomic E-state index is 15.6. The lowest BCUT2D eigenvalue weighted by atomic mass is 9.83. The number of ether oxygens (including phenoxy) is 1. The Kier molecular flexibility index (Phi) is 8.50. The van der Waals surface area contributed by atoms with Crippen LogP contribution in [0.2, 0.25) is 10.0 Å². The maximum Gasteiger partial charge on any atom is 0.410 e. The second-order valence-corrected chi connectivity index (χ2v) is 15.2. The van der Waals surface area contributed by atoms with Gasteiger partial charge in [0.25, 0.3) is 11.5 Å². The smallest absolute Gasteiger partial charge is 0.410 e. The second kappa shape index (κ2) is 11.9. The second-order valence-electron chi connectivity index (χ2n) is 14.4. The van der Waals surface area contributed by atoms with E-state index in [0.717, 1.165) is 24.0 Å². The number of piperazine rings is 1. The first-order valence-electron chi connectivity index (χ1n) is 16.0. The Hall–Kier alpha value is -3.41. The highest BCUT2D eigenvalue weighted by molar-refractivity contribution is 6.35. The van der Waals surface area contributed by atoms with Gasteiger partial charge in [0.05, 0.1) is 23.7 Å². The molecule has 0 bridgehead atoms. The van der Waals surface area contributed by atoms with Gasteiger partial charge in [-0.25, -0.2) is 9.18 Å². The van der Waals surface area contributed by atoms with E-state index >= 15 is 4.39 Å². The molecular weight excluding hydrogens is 648 g/mol. The van der Waals surface area contributed by atoms with E-state index in [9.17, 15) is 19.2 Å². The van der Waals surface area contributed by atoms with Crippen molar-refractivity contribution in [2.24, 2.45) is 0 Å². The molecule has 47 heavy (non-hydrogen) atoms. The number of aromatic amines is 1. The molecule has 10 nitrogen and oxygen atoms in total. The Bertz CT molecular complexity index is 1750. The molecule has 1 saturated carbocycles. The molecule has 252 valence electrons. The molecule has 1 aromatic heterocycles. The summed E-state index contributed by atoms with van der Waals surface area (Å²) in [5.74, 6) is -1.15. The summed E-state index contributed by atoms with van der Waals surface area (Å²) in [5.41, 5.74) is -0.346. The van der Waals surface area contributed by atoms with Crippen LogP contribution in [-0.4, -0.2) is 87.0 Å². The number of nitrogens with zero attached hydrogens (tertiary/aromatic N) is 3. The third-order valence-electron chi connectivity index (χ3n) is 9.75. The van der Waals surface area contributed by atoms with Crippen LogP contribution in [0.1, 0.15) is 86.2 Å². The van der Waals surface area contributed by atoms with Crippen molar-refractivity contribution in [2.75, 3.05) is 32.7 Å². The number of nitrogens with one attached hydrogen (secondary N) is 2. The number of rotatable bonds is 4. The van der Waals surface area contributed by atoms with Gasteiger partial charge in [-0.05, 0) is 101 Å². The van der Waals surface area contributed by atoms with Gasteiger partial charge in [-0.15, -0.1) is 0 Å². The molecule has 2 aromatic rings. The molecule has 0 radical (unpaired) electrons. The Morgan fingerprint density at radius 2 is 1.83 bits per heavy atom. The first-order chi connectivity index (χ1) is 22.0. The minimum atomic E-state index is -1.28. The fourth-order valence-electron chi connectivity index (χ4n) is 7.05. The van der Waals surface area contributed by atoms with Crippen LogP contribution < -0.4 is 10.9 Å². The van der Waals surface area contributed by atoms with Gasteiger partial charge in [0.15, 0.2) is 0 Å². The van der Waals surface area contributed by atoms with Crippen molar-refractivity contribution < 1.29 is 23.5 Å². The summed E-state index contributed by atoms with van der Waals surface area (Å²) in [6.45, 7) is 10.3. The molecule has 2 aliphatic heterocycles. The molecule has 13 heteroatoms. The van der Waals surface area contributed by atoms with E-state index in [4.69, 9.17) is 27.9 Å². The molecule has 6 rings (SSSR count). The van der Waals surface area contributed by atoms with Gasteiger partial charge in [0.1, 0.15) is 17.1 Å². The Labute approximate surface area is 283 Å². The van der Waals surface area contributed by atoms with Gasteiger partial charge in [0.2, 0.25) is 5.91 Å². The molecule has 2 fully saturated rings. The summed E-state index contributed by atoms with van der Waals surface area (Å²) in [6.07, 6.45) is 2.95. The van der Waals surface area contributed by atoms with Gasteiger partial charge in [-0.3, -0.25) is 24.6 Å². The van der Waals surface area contributed by atoms with E-state index in [2.05, 4.69) is 10.3 Å². The molecule has 3 heterocycles. The molecule has 2 aliphatic carbocycles. The first-order valence-corrected chi connectivity index (χ1v) is 16.7. The van der Waals surface area contributed by atoms with E-state index in [-0.39, 0.29) is 48.6 Å². The Balaban J connectivity index is 1.14. The lowest BCUT2D eigenvalue weighted by Gasteiger charge is -2.42. The molecule has 4 aliphatic rings. The number of carbonyl (C=O) groups excluding carboxylic acids is 3. The molecule has 1 spiro atoms. The fraction of sp³-hybridized carbons (Fsp3) is 0.529. The molecule has 2 atom stereocenters. The topological polar surface area (TPSA) is 115 Å². The highest BCUT2D eigenvalue weighted by Gasteiger charge is 2.55. The van der Waals surface area contributed by atoms with Crippen LogP contribution >= 0.6 is 23.2 Å². The maximum absolute atomic E-state index is 15.6. The average Bonchev–Trinajstić information content (AvgIpc) is 3.74. The fourth-order valence-corrected chi connectivity index (χ4v) is 7.75. The molecule has 1 aromatic carbocycles. The minimum absolute atomic E-state index is 0.0568. The average molecular weight is 689 g/mol. The number of benzene rings is 1. The van der Waals surface area contributed by atoms with Crippen molar-refractivity contribution in [1.29, 1.82) is 0 Å². The van der Waals surface area contributed by atoms with E-state index in [1.807, 2.05) is 33.8 Å². The van der Waals surface area contributed by atoms with Crippen LogP contribution in [0, 0.1) is 0 Å². The number of hydrogen-bond donors (Lipinski definition) is 2. The monoisotopic (exact) mass is 687 g/mol. The van der Waals surface area contributed by atoms with Crippen LogP contribution in [0.3, 0.4) is 0 Å². The van der Waals surface area contributed by atoms with Crippen LogP contribution in [0.5, 0.6) is 0 Å². The molecule has 1 saturated heterocycles. The van der Waals surface area contributed by atoms with Crippen LogP contribution in [0.25, 0.3) is 6.08 Å². The number of hydrogen-bond acceptors (Lipinski definition) is 6. The zero-order valence-corrected chi connectivity index (χ0v) is 28.8. The Morgan fingerprint density at radius 3 is 2.51 bits per heavy atom. The highest BCUT2D eigenvalue weighted by Crippen LogP contribution is 2.45. The van der Waals surface area contributed by atoms with Crippen molar-refractivity contribution in [1.82, 2.24) is 25.0 Å². The van der Waals surface area contributed by atoms with Gasteiger partial charge < -0.3 is 19.5 Å². The number of aromatic nitrogens is 1. The number of H-pyrrole nitrogens is 1. The Morgan fingerprint density at radius 1 is 1.11 bits per heavy atom. The SMILES string of the molecule is CC1c2c(Cl)cc(Cl)cc2CCN1C(=O)CNC1(C)Cc2cc(C(=O)N3CCN(C(=O)OC(C)(C)C)C4(CC4)C3)[nH]c(=O)c2C=C1F. The largest absolute Gasteiger partial charge is 0.444 e. The predicted octanol–water partition coefficient (Wildman–Crippen LogP) is 5.27. The van der Waals surface area contributed by atoms with Crippen molar-refractivity contribution in [3.63, 3.8) is 0 Å². The van der Waals surface area contributed by atoms with Crippen LogP contribution in [-0.2, 0) is 22.4 Å². The lowest BCUT2D eigenvalue weighted by Crippen LogP contribution is -2.59. The van der Waals surface area contributed by atoms with Gasteiger partial charge in [-0.1, -0.05) is 23.2 Å². The minimum Gasteiger partial charge on any atom is -0.444 e. The molecule has 2 N–H and O–H groups in total. The summed E-state index contributed by atoms with van der Waals surface area (Å²) in [6, 6.07) is 4.85. The summed E-state index contributed by atoms with van der Waals surface area (Å²) < 4.78 is 21.2. The van der Waals surface area contributed by atoms with Crippen molar-refractivity contribution in [2.45, 2.75) is 83.0 Å². The lowest BCUT2D eigenvalue weighted by molar-refractivity contribution is -0.133. The van der Waals surface area contributed by atoms with Crippen molar-refractivity contribution in [3.8, 4) is 0 Å². The van der Waals surface area contributed by atoms with Gasteiger partial charge >= 0.3 is 6.09 Å². The van der Waals surface area contributed by atoms with E-state index in [1.165, 1.54) is 6.08 Å². The van der Waals surface area contributed by atoms with Crippen LogP contribution in [0.15, 0.2) is 28.8 Å². The summed E-state index contributed by atoms with van der Waals surface area (Å²) in [5, 5.41) is 4.14. The van der Waals surface area contributed by atoms with Crippen molar-refractivity contribution >= 4 is 47.2 Å². The van der Waals surface area contributed by atoms with Crippen LogP contribution in [0.4, 0.5) is 9.18 Å². The van der Waals surface area contributed by atoms with E-state index in [0.29, 0.717) is 41.7 Å². The molecule has 3 amide bonds. The van der Waals surface area contributed by atoms with Gasteiger partial charge in [0, 0.05) is 41.8 Å². The quantitative estimate of drug-likeness (QED) is 0.453. The number of halogens is 3. The summed E-state index contributed by atoms with van der Waals surface area (Å²) >= 11 is 12.7. The van der Waals surface area contributed by atoms with E-state index in [1.54, 1.807) is 33.8 Å². The standard InChI is InChI=1S/C34H40Cl2FN5O5/c1-19-28-20(12-22(35)14-24(28)36)6-9-41(19)27(43)17-38-33(5)16-21-13-25(39-29(44)23(21)15-26(33)37)30(45)40-10-11-42(34(18-40)7-8-34)31(46)47-32(2,3)4/h12-15,19,38H,6-11,16-18H2,1-5H3,(H,39,44). The third-order valence-corrected chi connectivity index (χ3v) is 10.3. The third kappa shape index (κ3) is 6.41. The molecule has 2 unspecified atom stereocenters. The van der Waals surface area contributed by atoms with Gasteiger partial charge in [-0.2, -0.15) is 0 Å². The normalized spacial score (nSPS) is 23.2. The number of carbonyl (C=O) groups is 3. The first kappa shape index (κ1) is 33.5. The number of pyridine rings is 1. The zero-order valence-electron chi connectivity index (χ0n) is 27.3. The van der Waals surface area contributed by atoms with E-state index < -0.39 is 34.2 Å².